The van der Waals surface area contributed by atoms with Gasteiger partial charge in [-0.25, -0.2) is 0 Å². The summed E-state index contributed by atoms with van der Waals surface area (Å²) >= 11 is 0. The van der Waals surface area contributed by atoms with Crippen LogP contribution in [0.5, 0.6) is 0 Å². The summed E-state index contributed by atoms with van der Waals surface area (Å²) < 4.78 is 11.1. The van der Waals surface area contributed by atoms with Gasteiger partial charge in [0.2, 0.25) is 0 Å². The first-order valence-corrected chi connectivity index (χ1v) is 10.1. The first-order chi connectivity index (χ1) is 13.5. The lowest BCUT2D eigenvalue weighted by Crippen LogP contribution is -2.48. The Kier molecular flexibility index (Phi) is 8.95. The van der Waals surface area contributed by atoms with Crippen LogP contribution >= 0.6 is 24.0 Å². The van der Waals surface area contributed by atoms with Gasteiger partial charge < -0.3 is 19.9 Å². The van der Waals surface area contributed by atoms with Gasteiger partial charge >= 0.3 is 0 Å². The van der Waals surface area contributed by atoms with Gasteiger partial charge in [0.15, 0.2) is 11.7 Å². The van der Waals surface area contributed by atoms with Crippen molar-refractivity contribution in [1.82, 2.24) is 15.8 Å². The molecule has 3 rings (SSSR count). The van der Waals surface area contributed by atoms with Gasteiger partial charge in [-0.2, -0.15) is 0 Å². The summed E-state index contributed by atoms with van der Waals surface area (Å²) in [5, 5.41) is 11.0. The summed E-state index contributed by atoms with van der Waals surface area (Å²) in [4.78, 5) is 4.38. The standard InChI is InChI=1S/C22H32N4O2.HI/c1-16(2)20-13-18(28-26-20)14-24-21(23-4)25-15-22(9-11-27-12-10-22)19-8-6-5-7-17(19)3;/h5-8,13,16H,9-12,14-15H2,1-4H3,(H2,23,24,25);1H. The maximum Gasteiger partial charge on any atom is 0.191 e. The monoisotopic (exact) mass is 512 g/mol. The molecular weight excluding hydrogens is 479 g/mol. The summed E-state index contributed by atoms with van der Waals surface area (Å²) in [7, 11) is 1.79. The first-order valence-electron chi connectivity index (χ1n) is 10.1. The van der Waals surface area contributed by atoms with E-state index in [1.165, 1.54) is 11.1 Å². The lowest BCUT2D eigenvalue weighted by Gasteiger charge is -2.39. The number of hydrogen-bond donors (Lipinski definition) is 2. The summed E-state index contributed by atoms with van der Waals surface area (Å²) in [5.74, 6) is 1.94. The van der Waals surface area contributed by atoms with Crippen molar-refractivity contribution >= 4 is 29.9 Å². The SMILES string of the molecule is CN=C(NCc1cc(C(C)C)no1)NCC1(c2ccccc2C)CCOCC1.I. The Morgan fingerprint density at radius 3 is 2.55 bits per heavy atom. The highest BCUT2D eigenvalue weighted by molar-refractivity contribution is 14.0. The predicted molar refractivity (Wildman–Crippen MR) is 127 cm³/mol. The first kappa shape index (κ1) is 23.7. The molecule has 29 heavy (non-hydrogen) atoms. The Bertz CT molecular complexity index is 798. The topological polar surface area (TPSA) is 71.7 Å². The van der Waals surface area contributed by atoms with Gasteiger partial charge in [-0.05, 0) is 36.8 Å². The highest BCUT2D eigenvalue weighted by Crippen LogP contribution is 2.36. The van der Waals surface area contributed by atoms with Crippen molar-refractivity contribution in [3.05, 3.63) is 52.9 Å². The fourth-order valence-corrected chi connectivity index (χ4v) is 3.80. The van der Waals surface area contributed by atoms with Crippen LogP contribution in [0.15, 0.2) is 39.8 Å². The molecule has 0 amide bonds. The fourth-order valence-electron chi connectivity index (χ4n) is 3.80. The number of ether oxygens (including phenoxy) is 1. The second-order valence-corrected chi connectivity index (χ2v) is 7.86. The minimum atomic E-state index is 0. The van der Waals surface area contributed by atoms with E-state index >= 15 is 0 Å². The average Bonchev–Trinajstić information content (AvgIpc) is 3.18. The van der Waals surface area contributed by atoms with Crippen LogP contribution in [0.3, 0.4) is 0 Å². The molecule has 1 aromatic carbocycles. The third-order valence-electron chi connectivity index (χ3n) is 5.58. The van der Waals surface area contributed by atoms with Gasteiger partial charge in [0.25, 0.3) is 0 Å². The minimum Gasteiger partial charge on any atom is -0.381 e. The zero-order chi connectivity index (χ0) is 20.0. The largest absolute Gasteiger partial charge is 0.381 e. The molecule has 1 aromatic heterocycles. The van der Waals surface area contributed by atoms with Crippen molar-refractivity contribution in [2.24, 2.45) is 4.99 Å². The van der Waals surface area contributed by atoms with Crippen LogP contribution in [0.2, 0.25) is 0 Å². The van der Waals surface area contributed by atoms with Crippen molar-refractivity contribution in [1.29, 1.82) is 0 Å². The van der Waals surface area contributed by atoms with Crippen molar-refractivity contribution in [3.8, 4) is 0 Å². The molecule has 1 saturated heterocycles. The van der Waals surface area contributed by atoms with E-state index in [-0.39, 0.29) is 29.4 Å². The zero-order valence-corrected chi connectivity index (χ0v) is 20.2. The van der Waals surface area contributed by atoms with Gasteiger partial charge in [-0.1, -0.05) is 43.3 Å². The molecule has 1 fully saturated rings. The van der Waals surface area contributed by atoms with E-state index < -0.39 is 0 Å². The smallest absolute Gasteiger partial charge is 0.191 e. The Morgan fingerprint density at radius 2 is 1.93 bits per heavy atom. The summed E-state index contributed by atoms with van der Waals surface area (Å²) in [5.41, 5.74) is 3.76. The molecule has 7 heteroatoms. The van der Waals surface area contributed by atoms with Crippen molar-refractivity contribution in [3.63, 3.8) is 0 Å². The third-order valence-corrected chi connectivity index (χ3v) is 5.58. The number of aliphatic imine (C=N–C) groups is 1. The van der Waals surface area contributed by atoms with E-state index in [0.717, 1.165) is 50.0 Å². The van der Waals surface area contributed by atoms with Crippen LogP contribution in [0.25, 0.3) is 0 Å². The van der Waals surface area contributed by atoms with E-state index in [1.807, 2.05) is 6.07 Å². The van der Waals surface area contributed by atoms with E-state index in [1.54, 1.807) is 7.05 Å². The quantitative estimate of drug-likeness (QED) is 0.346. The van der Waals surface area contributed by atoms with Crippen LogP contribution < -0.4 is 10.6 Å². The second kappa shape index (κ2) is 11.0. The maximum atomic E-state index is 5.65. The number of aromatic nitrogens is 1. The van der Waals surface area contributed by atoms with Crippen molar-refractivity contribution in [2.75, 3.05) is 26.8 Å². The molecule has 2 N–H and O–H groups in total. The third kappa shape index (κ3) is 5.94. The molecule has 0 aliphatic carbocycles. The number of halogens is 1. The molecule has 1 aliphatic heterocycles. The molecule has 0 unspecified atom stereocenters. The second-order valence-electron chi connectivity index (χ2n) is 7.86. The molecule has 0 radical (unpaired) electrons. The summed E-state index contributed by atoms with van der Waals surface area (Å²) in [6.45, 7) is 9.35. The number of benzene rings is 1. The molecule has 0 bridgehead atoms. The Balaban J connectivity index is 0.00000300. The molecular formula is C22H33IN4O2. The van der Waals surface area contributed by atoms with E-state index in [0.29, 0.717) is 12.5 Å². The molecule has 6 nitrogen and oxygen atoms in total. The number of guanidine groups is 1. The van der Waals surface area contributed by atoms with E-state index in [4.69, 9.17) is 9.26 Å². The van der Waals surface area contributed by atoms with Crippen molar-refractivity contribution < 1.29 is 9.26 Å². The lowest BCUT2D eigenvalue weighted by atomic mass is 9.72. The number of aryl methyl sites for hydroxylation is 1. The maximum absolute atomic E-state index is 5.65. The number of nitrogens with one attached hydrogen (secondary N) is 2. The molecule has 2 heterocycles. The van der Waals surface area contributed by atoms with Gasteiger partial charge in [0.05, 0.1) is 12.2 Å². The summed E-state index contributed by atoms with van der Waals surface area (Å²) in [6.07, 6.45) is 2.00. The molecule has 0 atom stereocenters. The van der Waals surface area contributed by atoms with E-state index in [9.17, 15) is 0 Å². The van der Waals surface area contributed by atoms with Gasteiger partial charge in [0.1, 0.15) is 0 Å². The van der Waals surface area contributed by atoms with Crippen LogP contribution in [0, 0.1) is 6.92 Å². The highest BCUT2D eigenvalue weighted by Gasteiger charge is 2.35. The highest BCUT2D eigenvalue weighted by atomic mass is 127. The number of hydrogen-bond acceptors (Lipinski definition) is 4. The number of nitrogens with zero attached hydrogens (tertiary/aromatic N) is 2. The van der Waals surface area contributed by atoms with Crippen LogP contribution in [0.4, 0.5) is 0 Å². The molecule has 2 aromatic rings. The van der Waals surface area contributed by atoms with Crippen LogP contribution in [-0.2, 0) is 16.7 Å². The van der Waals surface area contributed by atoms with Crippen LogP contribution in [0.1, 0.15) is 55.2 Å². The van der Waals surface area contributed by atoms with Crippen LogP contribution in [-0.4, -0.2) is 37.9 Å². The van der Waals surface area contributed by atoms with Gasteiger partial charge in [-0.3, -0.25) is 4.99 Å². The Morgan fingerprint density at radius 1 is 1.21 bits per heavy atom. The number of rotatable bonds is 6. The van der Waals surface area contributed by atoms with E-state index in [2.05, 4.69) is 65.8 Å². The lowest BCUT2D eigenvalue weighted by molar-refractivity contribution is 0.0512. The van der Waals surface area contributed by atoms with Gasteiger partial charge in [-0.15, -0.1) is 24.0 Å². The molecule has 160 valence electrons. The molecule has 0 saturated carbocycles. The molecule has 1 aliphatic rings. The average molecular weight is 512 g/mol. The Labute approximate surface area is 190 Å². The zero-order valence-electron chi connectivity index (χ0n) is 17.8. The van der Waals surface area contributed by atoms with Gasteiger partial charge in [0, 0.05) is 38.3 Å². The van der Waals surface area contributed by atoms with Crippen molar-refractivity contribution in [2.45, 2.75) is 51.5 Å². The Hall–Kier alpha value is -1.61. The molecule has 0 spiro atoms. The predicted octanol–water partition coefficient (Wildman–Crippen LogP) is 4.14. The normalized spacial score (nSPS) is 16.4. The fraction of sp³-hybridized carbons (Fsp3) is 0.545. The summed E-state index contributed by atoms with van der Waals surface area (Å²) in [6, 6.07) is 10.7. The minimum absolute atomic E-state index is 0.